The fraction of sp³-hybridized carbons (Fsp3) is 0.143. The van der Waals surface area contributed by atoms with Gasteiger partial charge in [0.2, 0.25) is 10.0 Å². The van der Waals surface area contributed by atoms with E-state index in [2.05, 4.69) is 21.2 Å². The summed E-state index contributed by atoms with van der Waals surface area (Å²) in [6.45, 7) is 0.737. The predicted molar refractivity (Wildman–Crippen MR) is 117 cm³/mol. The van der Waals surface area contributed by atoms with E-state index in [0.717, 1.165) is 21.3 Å². The zero-order chi connectivity index (χ0) is 21.7. The molecule has 0 aliphatic carbocycles. The number of anilines is 1. The van der Waals surface area contributed by atoms with Crippen LogP contribution in [0.2, 0.25) is 0 Å². The fourth-order valence-electron chi connectivity index (χ4n) is 2.69. The van der Waals surface area contributed by atoms with Crippen LogP contribution in [0.25, 0.3) is 0 Å². The molecule has 30 heavy (non-hydrogen) atoms. The van der Waals surface area contributed by atoms with Crippen molar-refractivity contribution in [1.82, 2.24) is 0 Å². The largest absolute Gasteiger partial charge is 0.493 e. The molecule has 0 radical (unpaired) electrons. The van der Waals surface area contributed by atoms with E-state index < -0.39 is 10.0 Å². The smallest absolute Gasteiger partial charge is 0.238 e. The molecule has 0 saturated carbocycles. The van der Waals surface area contributed by atoms with E-state index in [1.807, 2.05) is 12.1 Å². The molecule has 0 unspecified atom stereocenters. The first-order chi connectivity index (χ1) is 14.3. The van der Waals surface area contributed by atoms with Gasteiger partial charge in [0.15, 0.2) is 11.5 Å². The van der Waals surface area contributed by atoms with Crippen molar-refractivity contribution in [2.24, 2.45) is 5.14 Å². The van der Waals surface area contributed by atoms with Gasteiger partial charge in [-0.25, -0.2) is 17.9 Å². The average Bonchev–Trinajstić information content (AvgIpc) is 2.72. The van der Waals surface area contributed by atoms with Gasteiger partial charge in [-0.05, 0) is 59.7 Å². The SMILES string of the molecule is COc1cc(CNc2ccc(S(N)(=O)=O)cc2)c(Br)cc1OCc1ccc(F)cc1. The van der Waals surface area contributed by atoms with Gasteiger partial charge < -0.3 is 14.8 Å². The van der Waals surface area contributed by atoms with Crippen LogP contribution in [0.4, 0.5) is 10.1 Å². The first-order valence-corrected chi connectivity index (χ1v) is 11.2. The number of nitrogens with one attached hydrogen (secondary N) is 1. The number of sulfonamides is 1. The molecule has 9 heteroatoms. The Labute approximate surface area is 183 Å². The number of hydrogen-bond donors (Lipinski definition) is 2. The second-order valence-electron chi connectivity index (χ2n) is 6.43. The maximum atomic E-state index is 13.0. The average molecular weight is 495 g/mol. The van der Waals surface area contributed by atoms with Gasteiger partial charge in [0.25, 0.3) is 0 Å². The maximum absolute atomic E-state index is 13.0. The molecule has 0 bridgehead atoms. The molecule has 0 fully saturated rings. The lowest BCUT2D eigenvalue weighted by atomic mass is 10.2. The first kappa shape index (κ1) is 22.1. The highest BCUT2D eigenvalue weighted by molar-refractivity contribution is 9.10. The number of nitrogens with two attached hydrogens (primary N) is 1. The van der Waals surface area contributed by atoms with Crippen LogP contribution in [-0.2, 0) is 23.2 Å². The molecule has 3 rings (SSSR count). The van der Waals surface area contributed by atoms with Gasteiger partial charge in [-0.2, -0.15) is 0 Å². The van der Waals surface area contributed by atoms with E-state index in [-0.39, 0.29) is 17.3 Å². The van der Waals surface area contributed by atoms with Crippen molar-refractivity contribution in [3.63, 3.8) is 0 Å². The van der Waals surface area contributed by atoms with Crippen LogP contribution in [0.3, 0.4) is 0 Å². The molecule has 0 aliphatic rings. The van der Waals surface area contributed by atoms with Gasteiger partial charge in [-0.1, -0.05) is 28.1 Å². The minimum atomic E-state index is -3.72. The Morgan fingerprint density at radius 2 is 1.70 bits per heavy atom. The Morgan fingerprint density at radius 1 is 1.03 bits per heavy atom. The second kappa shape index (κ2) is 9.46. The third-order valence-corrected chi connectivity index (χ3v) is 5.97. The predicted octanol–water partition coefficient (Wildman–Crippen LogP) is 4.44. The maximum Gasteiger partial charge on any atom is 0.238 e. The zero-order valence-corrected chi connectivity index (χ0v) is 18.5. The lowest BCUT2D eigenvalue weighted by Gasteiger charge is -2.15. The third kappa shape index (κ3) is 5.71. The molecule has 0 heterocycles. The summed E-state index contributed by atoms with van der Waals surface area (Å²) in [6.07, 6.45) is 0. The van der Waals surface area contributed by atoms with Crippen molar-refractivity contribution in [3.8, 4) is 11.5 Å². The molecule has 0 spiro atoms. The molecule has 0 aliphatic heterocycles. The molecular weight excluding hydrogens is 475 g/mol. The van der Waals surface area contributed by atoms with Crippen molar-refractivity contribution in [2.75, 3.05) is 12.4 Å². The summed E-state index contributed by atoms with van der Waals surface area (Å²) in [5.41, 5.74) is 2.49. The number of methoxy groups -OCH3 is 1. The normalized spacial score (nSPS) is 11.2. The summed E-state index contributed by atoms with van der Waals surface area (Å²) < 4.78 is 47.8. The van der Waals surface area contributed by atoms with Crippen molar-refractivity contribution >= 4 is 31.6 Å². The van der Waals surface area contributed by atoms with Crippen LogP contribution in [0.15, 0.2) is 70.0 Å². The van der Waals surface area contributed by atoms with Crippen LogP contribution in [0.1, 0.15) is 11.1 Å². The van der Waals surface area contributed by atoms with E-state index in [9.17, 15) is 12.8 Å². The molecule has 0 atom stereocenters. The molecule has 0 aromatic heterocycles. The Bertz CT molecular complexity index is 1120. The number of primary sulfonamides is 1. The highest BCUT2D eigenvalue weighted by atomic mass is 79.9. The minimum absolute atomic E-state index is 0.0542. The van der Waals surface area contributed by atoms with Gasteiger partial charge in [0.05, 0.1) is 12.0 Å². The molecule has 6 nitrogen and oxygen atoms in total. The summed E-state index contributed by atoms with van der Waals surface area (Å²) in [6, 6.07) is 15.9. The zero-order valence-electron chi connectivity index (χ0n) is 16.1. The highest BCUT2D eigenvalue weighted by Gasteiger charge is 2.12. The molecular formula is C21H20BrFN2O4S. The Balaban J connectivity index is 1.69. The van der Waals surface area contributed by atoms with E-state index in [1.54, 1.807) is 31.4 Å². The van der Waals surface area contributed by atoms with Crippen molar-refractivity contribution in [3.05, 3.63) is 82.1 Å². The summed E-state index contributed by atoms with van der Waals surface area (Å²) in [5.74, 6) is 0.812. The lowest BCUT2D eigenvalue weighted by Crippen LogP contribution is -2.12. The van der Waals surface area contributed by atoms with Crippen molar-refractivity contribution in [1.29, 1.82) is 0 Å². The number of benzene rings is 3. The third-order valence-electron chi connectivity index (χ3n) is 4.31. The number of rotatable bonds is 8. The first-order valence-electron chi connectivity index (χ1n) is 8.86. The van der Waals surface area contributed by atoms with E-state index in [1.165, 1.54) is 24.3 Å². The summed E-state index contributed by atoms with van der Waals surface area (Å²) in [4.78, 5) is 0.0542. The lowest BCUT2D eigenvalue weighted by molar-refractivity contribution is 0.284. The summed E-state index contributed by atoms with van der Waals surface area (Å²) >= 11 is 3.54. The highest BCUT2D eigenvalue weighted by Crippen LogP contribution is 2.34. The van der Waals surface area contributed by atoms with Crippen LogP contribution in [-0.4, -0.2) is 15.5 Å². The van der Waals surface area contributed by atoms with E-state index >= 15 is 0 Å². The molecule has 3 aromatic carbocycles. The van der Waals surface area contributed by atoms with Crippen molar-refractivity contribution < 1.29 is 22.3 Å². The standard InChI is InChI=1S/C21H20BrFN2O4S/c1-28-20-10-15(12-25-17-6-8-18(9-7-17)30(24,26)27)19(22)11-21(20)29-13-14-2-4-16(23)5-3-14/h2-11,25H,12-13H2,1H3,(H2,24,26,27). The molecule has 3 aromatic rings. The molecule has 158 valence electrons. The topological polar surface area (TPSA) is 90.6 Å². The summed E-state index contributed by atoms with van der Waals surface area (Å²) in [5, 5.41) is 8.33. The number of ether oxygens (including phenoxy) is 2. The number of halogens is 2. The van der Waals surface area contributed by atoms with Crippen LogP contribution in [0.5, 0.6) is 11.5 Å². The van der Waals surface area contributed by atoms with Crippen LogP contribution >= 0.6 is 15.9 Å². The Morgan fingerprint density at radius 3 is 2.30 bits per heavy atom. The van der Waals surface area contributed by atoms with Gasteiger partial charge in [-0.3, -0.25) is 0 Å². The molecule has 0 amide bonds. The van der Waals surface area contributed by atoms with E-state index in [0.29, 0.717) is 18.0 Å². The quantitative estimate of drug-likeness (QED) is 0.483. The Hall–Kier alpha value is -2.62. The fourth-order valence-corrected chi connectivity index (χ4v) is 3.66. The second-order valence-corrected chi connectivity index (χ2v) is 8.85. The van der Waals surface area contributed by atoms with Crippen LogP contribution < -0.4 is 19.9 Å². The monoisotopic (exact) mass is 494 g/mol. The number of hydrogen-bond acceptors (Lipinski definition) is 5. The van der Waals surface area contributed by atoms with Crippen molar-refractivity contribution in [2.45, 2.75) is 18.0 Å². The van der Waals surface area contributed by atoms with Crippen LogP contribution in [0, 0.1) is 5.82 Å². The van der Waals surface area contributed by atoms with Gasteiger partial charge in [0.1, 0.15) is 12.4 Å². The van der Waals surface area contributed by atoms with E-state index in [4.69, 9.17) is 14.6 Å². The summed E-state index contributed by atoms with van der Waals surface area (Å²) in [7, 11) is -2.17. The van der Waals surface area contributed by atoms with Gasteiger partial charge in [-0.15, -0.1) is 0 Å². The van der Waals surface area contributed by atoms with Gasteiger partial charge >= 0.3 is 0 Å². The Kier molecular flexibility index (Phi) is 6.96. The molecule has 3 N–H and O–H groups in total. The van der Waals surface area contributed by atoms with Gasteiger partial charge in [0, 0.05) is 16.7 Å². The minimum Gasteiger partial charge on any atom is -0.493 e. The molecule has 0 saturated heterocycles.